The summed E-state index contributed by atoms with van der Waals surface area (Å²) in [6.45, 7) is 9.07. The van der Waals surface area contributed by atoms with E-state index in [0.717, 1.165) is 0 Å². The van der Waals surface area contributed by atoms with E-state index in [1.807, 2.05) is 13.8 Å². The average Bonchev–Trinajstić information content (AvgIpc) is 3.43. The molecule has 3 rings (SSSR count). The minimum Gasteiger partial charge on any atom is -0.394 e. The molecule has 3 fully saturated rings. The first-order valence-electron chi connectivity index (χ1n) is 28.4. The van der Waals surface area contributed by atoms with Gasteiger partial charge in [0, 0.05) is 76.3 Å². The van der Waals surface area contributed by atoms with Gasteiger partial charge in [-0.2, -0.15) is 0 Å². The summed E-state index contributed by atoms with van der Waals surface area (Å²) in [6.07, 6.45) is -9.54. The van der Waals surface area contributed by atoms with Crippen LogP contribution in [-0.2, 0) is 57.2 Å². The van der Waals surface area contributed by atoms with Crippen molar-refractivity contribution in [1.29, 1.82) is 0 Å². The quantitative estimate of drug-likeness (QED) is 0.0269. The first kappa shape index (κ1) is 70.5. The normalized spacial score (nSPS) is 29.5. The summed E-state index contributed by atoms with van der Waals surface area (Å²) in [5.41, 5.74) is -0.594. The third-order valence-corrected chi connectivity index (χ3v) is 15.4. The number of ether oxygens (including phenoxy) is 6. The summed E-state index contributed by atoms with van der Waals surface area (Å²) in [5.74, 6) is -3.37. The molecule has 80 heavy (non-hydrogen) atoms. The summed E-state index contributed by atoms with van der Waals surface area (Å²) >= 11 is 0. The third-order valence-electron chi connectivity index (χ3n) is 15.4. The Morgan fingerprint density at radius 2 is 0.637 bits per heavy atom. The molecule has 27 heteroatoms. The molecule has 0 aromatic rings. The van der Waals surface area contributed by atoms with Crippen LogP contribution in [0.4, 0.5) is 0 Å². The molecule has 0 saturated carbocycles. The van der Waals surface area contributed by atoms with Crippen molar-refractivity contribution in [1.82, 2.24) is 31.9 Å². The number of carbonyl (C=O) groups excluding carboxylic acids is 6. The fourth-order valence-corrected chi connectivity index (χ4v) is 9.69. The second-order valence-corrected chi connectivity index (χ2v) is 21.6. The van der Waals surface area contributed by atoms with E-state index in [-0.39, 0.29) is 126 Å². The van der Waals surface area contributed by atoms with Gasteiger partial charge in [0.2, 0.25) is 35.4 Å². The van der Waals surface area contributed by atoms with Crippen LogP contribution in [0.1, 0.15) is 118 Å². The predicted molar refractivity (Wildman–Crippen MR) is 284 cm³/mol. The maximum Gasteiger partial charge on any atom is 0.222 e. The van der Waals surface area contributed by atoms with Gasteiger partial charge in [0.1, 0.15) is 36.6 Å². The van der Waals surface area contributed by atoms with Crippen LogP contribution < -0.4 is 31.9 Å². The molecule has 0 radical (unpaired) electrons. The molecule has 3 aliphatic rings. The lowest BCUT2D eigenvalue weighted by Crippen LogP contribution is -2.55. The van der Waals surface area contributed by atoms with E-state index in [4.69, 9.17) is 28.4 Å². The Hall–Kier alpha value is -3.78. The largest absolute Gasteiger partial charge is 0.394 e. The van der Waals surface area contributed by atoms with Crippen LogP contribution in [0.3, 0.4) is 0 Å². The molecule has 15 atom stereocenters. The van der Waals surface area contributed by atoms with E-state index in [9.17, 15) is 74.7 Å². The molecule has 15 unspecified atom stereocenters. The summed E-state index contributed by atoms with van der Waals surface area (Å²) in [7, 11) is 0. The highest BCUT2D eigenvalue weighted by atomic mass is 16.7. The molecule has 0 bridgehead atoms. The molecule has 0 aromatic carbocycles. The second kappa shape index (κ2) is 37.4. The monoisotopic (exact) mass is 1150 g/mol. The van der Waals surface area contributed by atoms with Crippen molar-refractivity contribution in [2.75, 3.05) is 78.9 Å². The number of hydrogen-bond acceptors (Lipinski definition) is 21. The Balaban J connectivity index is 1.42. The van der Waals surface area contributed by atoms with Gasteiger partial charge in [-0.05, 0) is 56.3 Å². The highest BCUT2D eigenvalue weighted by Gasteiger charge is 2.45. The van der Waals surface area contributed by atoms with Crippen molar-refractivity contribution in [3.05, 3.63) is 0 Å². The highest BCUT2D eigenvalue weighted by Crippen LogP contribution is 2.42. The molecule has 15 N–H and O–H groups in total. The standard InChI is InChI=1S/C53H96N6O21/c1-31(2)53(17-11-39(64)56-21-8-23-58-42(67)14-26-76-51-33(4)45(70)48(73)36(29-61)79-51,18-12-40(65)57-22-9-24-59-43(68)15-27-77-52-34(5)46(71)49(74)37(30-62)80-52)16-10-38(63)54-19-6-7-20-55-41(66)13-25-75-50-32(3)44(69)47(72)35(28-60)78-50/h31-37,44-52,60-62,69-74H,6-30H2,1-5H3,(H,54,63)(H,55,66)(H,56,64)(H,57,65)(H,58,67)(H,59,68). The summed E-state index contributed by atoms with van der Waals surface area (Å²) < 4.78 is 33.4. The fourth-order valence-electron chi connectivity index (χ4n) is 9.69. The number of aliphatic hydroxyl groups is 9. The molecule has 0 aromatic heterocycles. The maximum absolute atomic E-state index is 13.2. The fraction of sp³-hybridized carbons (Fsp3) is 0.887. The molecule has 464 valence electrons. The van der Waals surface area contributed by atoms with Crippen molar-refractivity contribution in [3.8, 4) is 0 Å². The minimum atomic E-state index is -1.26. The van der Waals surface area contributed by atoms with Crippen LogP contribution in [-0.4, -0.2) is 234 Å². The van der Waals surface area contributed by atoms with E-state index in [1.165, 1.54) is 0 Å². The minimum absolute atomic E-state index is 0.00710. The van der Waals surface area contributed by atoms with Gasteiger partial charge < -0.3 is 106 Å². The van der Waals surface area contributed by atoms with E-state index in [0.29, 0.717) is 58.0 Å². The molecular weight excluding hydrogens is 1060 g/mol. The Bertz CT molecular complexity index is 1760. The summed E-state index contributed by atoms with van der Waals surface area (Å²) in [5, 5.41) is 106. The van der Waals surface area contributed by atoms with Crippen molar-refractivity contribution >= 4 is 35.4 Å². The first-order valence-corrected chi connectivity index (χ1v) is 28.4. The Kier molecular flexibility index (Phi) is 33.0. The Morgan fingerprint density at radius 3 is 0.875 bits per heavy atom. The topological polar surface area (TPSA) is 412 Å². The average molecular weight is 1150 g/mol. The third kappa shape index (κ3) is 23.8. The van der Waals surface area contributed by atoms with Crippen LogP contribution in [0, 0.1) is 29.1 Å². The molecular formula is C53H96N6O21. The molecule has 3 aliphatic heterocycles. The molecule has 0 aliphatic carbocycles. The zero-order chi connectivity index (χ0) is 59.4. The predicted octanol–water partition coefficient (Wildman–Crippen LogP) is -3.33. The van der Waals surface area contributed by atoms with Crippen LogP contribution in [0.2, 0.25) is 0 Å². The molecule has 6 amide bonds. The number of unbranched alkanes of at least 4 members (excludes halogenated alkanes) is 1. The van der Waals surface area contributed by atoms with E-state index in [2.05, 4.69) is 31.9 Å². The summed E-state index contributed by atoms with van der Waals surface area (Å²) in [4.78, 5) is 77.0. The zero-order valence-electron chi connectivity index (χ0n) is 47.3. The lowest BCUT2D eigenvalue weighted by molar-refractivity contribution is -0.282. The molecule has 27 nitrogen and oxygen atoms in total. The van der Waals surface area contributed by atoms with Gasteiger partial charge in [-0.3, -0.25) is 28.8 Å². The zero-order valence-corrected chi connectivity index (χ0v) is 47.3. The number of carbonyl (C=O) groups is 6. The van der Waals surface area contributed by atoms with Gasteiger partial charge >= 0.3 is 0 Å². The number of rotatable bonds is 38. The lowest BCUT2D eigenvalue weighted by atomic mass is 9.67. The van der Waals surface area contributed by atoms with Gasteiger partial charge in [0.05, 0.1) is 77.2 Å². The molecule has 0 spiro atoms. The van der Waals surface area contributed by atoms with Crippen molar-refractivity contribution in [2.45, 2.75) is 192 Å². The van der Waals surface area contributed by atoms with E-state index < -0.39 is 117 Å². The first-order chi connectivity index (χ1) is 38.1. The number of aliphatic hydroxyl groups excluding tert-OH is 9. The SMILES string of the molecule is CC1C(OCCC(=O)NCCCCNC(=O)CCC(CCC(=O)NCCCNC(=O)CCOC2OC(CO)C(O)C(O)C2C)(CCC(=O)NCCCNC(=O)CCOC2OC(CO)C(O)C(O)C2C)C(C)C)OC(CO)C(O)C1O. The van der Waals surface area contributed by atoms with Gasteiger partial charge in [-0.15, -0.1) is 0 Å². The van der Waals surface area contributed by atoms with Crippen LogP contribution in [0.25, 0.3) is 0 Å². The van der Waals surface area contributed by atoms with Crippen LogP contribution in [0.5, 0.6) is 0 Å². The van der Waals surface area contributed by atoms with Crippen LogP contribution in [0.15, 0.2) is 0 Å². The van der Waals surface area contributed by atoms with Crippen molar-refractivity contribution < 1.29 is 103 Å². The molecule has 3 saturated heterocycles. The second-order valence-electron chi connectivity index (χ2n) is 21.6. The highest BCUT2D eigenvalue weighted by molar-refractivity contribution is 5.78. The van der Waals surface area contributed by atoms with Gasteiger partial charge in [-0.25, -0.2) is 0 Å². The Labute approximate surface area is 469 Å². The van der Waals surface area contributed by atoms with Gasteiger partial charge in [-0.1, -0.05) is 34.6 Å². The van der Waals surface area contributed by atoms with Crippen molar-refractivity contribution in [3.63, 3.8) is 0 Å². The number of nitrogens with one attached hydrogen (secondary N) is 6. The van der Waals surface area contributed by atoms with E-state index in [1.54, 1.807) is 20.8 Å². The summed E-state index contributed by atoms with van der Waals surface area (Å²) in [6, 6.07) is 0. The maximum atomic E-state index is 13.2. The van der Waals surface area contributed by atoms with Gasteiger partial charge in [0.15, 0.2) is 18.9 Å². The number of amides is 6. The van der Waals surface area contributed by atoms with Crippen LogP contribution >= 0.6 is 0 Å². The Morgan fingerprint density at radius 1 is 0.400 bits per heavy atom. The van der Waals surface area contributed by atoms with E-state index >= 15 is 0 Å². The molecule has 3 heterocycles. The smallest absolute Gasteiger partial charge is 0.222 e. The van der Waals surface area contributed by atoms with Gasteiger partial charge in [0.25, 0.3) is 0 Å². The van der Waals surface area contributed by atoms with Crippen molar-refractivity contribution in [2.24, 2.45) is 29.1 Å². The lowest BCUT2D eigenvalue weighted by Gasteiger charge is -2.40. The number of hydrogen-bond donors (Lipinski definition) is 15.